The van der Waals surface area contributed by atoms with Crippen molar-refractivity contribution < 1.29 is 45.4 Å². The minimum absolute atomic E-state index is 0. The first-order valence-corrected chi connectivity index (χ1v) is 17.9. The molecule has 0 aliphatic carbocycles. The first kappa shape index (κ1) is 25.6. The van der Waals surface area contributed by atoms with E-state index in [4.69, 9.17) is 24.8 Å². The predicted molar refractivity (Wildman–Crippen MR) is 225 cm³/mol. The van der Waals surface area contributed by atoms with E-state index in [1.807, 2.05) is 79.1 Å². The van der Waals surface area contributed by atoms with E-state index in [2.05, 4.69) is 18.5 Å². The van der Waals surface area contributed by atoms with Crippen molar-refractivity contribution in [2.24, 2.45) is 0 Å². The van der Waals surface area contributed by atoms with Crippen LogP contribution < -0.4 is 9.30 Å². The number of nitrogens with zero attached hydrogens (tertiary/aromatic N) is 4. The van der Waals surface area contributed by atoms with Gasteiger partial charge in [0.05, 0.1) is 30.4 Å². The number of para-hydroxylation sites is 4. The van der Waals surface area contributed by atoms with Crippen molar-refractivity contribution in [2.45, 2.75) is 19.7 Å². The molecule has 5 nitrogen and oxygen atoms in total. The van der Waals surface area contributed by atoms with Gasteiger partial charge in [0, 0.05) is 45.6 Å². The van der Waals surface area contributed by atoms with Gasteiger partial charge in [-0.05, 0) is 63.0 Å². The minimum Gasteiger partial charge on any atom is -0.510 e. The maximum Gasteiger partial charge on any atom is 0.268 e. The Balaban J connectivity index is 0.00000578. The summed E-state index contributed by atoms with van der Waals surface area (Å²) in [5, 5.41) is 1.93. The van der Waals surface area contributed by atoms with Crippen molar-refractivity contribution in [2.75, 3.05) is 0 Å². The maximum atomic E-state index is 8.98. The fourth-order valence-electron chi connectivity index (χ4n) is 7.13. The number of fused-ring (bicyclic) bond motifs is 4. The largest absolute Gasteiger partial charge is 0.510 e. The van der Waals surface area contributed by atoms with Crippen LogP contribution in [-0.4, -0.2) is 14.1 Å². The number of rotatable bonds is 8. The average Bonchev–Trinajstić information content (AvgIpc) is 3.87. The first-order valence-electron chi connectivity index (χ1n) is 23.4. The van der Waals surface area contributed by atoms with Crippen LogP contribution in [0.3, 0.4) is 0 Å². The van der Waals surface area contributed by atoms with Gasteiger partial charge in [-0.15, -0.1) is 29.7 Å². The molecule has 0 radical (unpaired) electrons. The number of ether oxygens (including phenoxy) is 1. The predicted octanol–water partition coefficient (Wildman–Crippen LogP) is 12.0. The van der Waals surface area contributed by atoms with Gasteiger partial charge in [-0.25, -0.2) is 4.98 Å². The summed E-state index contributed by atoms with van der Waals surface area (Å²) in [5.74, 6) is 0.521. The van der Waals surface area contributed by atoms with Gasteiger partial charge >= 0.3 is 0 Å². The molecular weight excluding hydrogens is 880 g/mol. The van der Waals surface area contributed by atoms with Crippen molar-refractivity contribution in [3.8, 4) is 50.9 Å². The van der Waals surface area contributed by atoms with Gasteiger partial charge in [-0.1, -0.05) is 140 Å². The molecule has 10 aromatic rings. The van der Waals surface area contributed by atoms with E-state index in [1.54, 1.807) is 63.9 Å². The molecule has 57 heavy (non-hydrogen) atoms. The van der Waals surface area contributed by atoms with E-state index >= 15 is 0 Å². The topological polar surface area (TPSA) is 35.9 Å². The Kier molecular flexibility index (Phi) is 6.81. The van der Waals surface area contributed by atoms with Crippen LogP contribution in [0.2, 0.25) is 0 Å². The molecule has 0 fully saturated rings. The molecule has 0 N–H and O–H groups in total. The Hall–Kier alpha value is -6.55. The second-order valence-corrected chi connectivity index (χ2v) is 13.3. The van der Waals surface area contributed by atoms with E-state index < -0.39 is 66.3 Å². The fraction of sp³-hybridized carbons (Fsp3) is 0.0588. The number of aromatic nitrogens is 4. The zero-order chi connectivity index (χ0) is 47.2. The molecule has 0 amide bonds. The summed E-state index contributed by atoms with van der Waals surface area (Å²) in [6.07, 6.45) is 5.09. The molecule has 0 spiro atoms. The summed E-state index contributed by atoms with van der Waals surface area (Å²) >= 11 is 0. The number of benzene rings is 7. The van der Waals surface area contributed by atoms with Crippen LogP contribution in [0.25, 0.3) is 72.3 Å². The van der Waals surface area contributed by atoms with Crippen LogP contribution in [0, 0.1) is 18.5 Å². The molecule has 278 valence electrons. The standard InChI is InChI=1S/C51H36N4O.Pt/c1-35(2)38-29-30-52-50(31-38)55-46-24-10-9-21-44(46)45-28-27-41(33-49(45)55)56-40-20-13-19-39(32-40)53-34-54(48-26-12-11-25-47(48)53)51-42(36-15-5-3-6-16-36)22-14-23-43(51)37-17-7-4-8-18-37;/h3-31,35H,1-2H3;/q-2;/i3D,4D,5D,6D,7D,8D,15D,16D,17D,18D,35D;. The van der Waals surface area contributed by atoms with Crippen LogP contribution in [0.4, 0.5) is 0 Å². The molecule has 0 unspecified atom stereocenters. The molecule has 0 atom stereocenters. The number of hydrogen-bond acceptors (Lipinski definition) is 2. The maximum absolute atomic E-state index is 8.98. The summed E-state index contributed by atoms with van der Waals surface area (Å²) < 4.78 is 107. The van der Waals surface area contributed by atoms with E-state index in [-0.39, 0.29) is 49.0 Å². The summed E-state index contributed by atoms with van der Waals surface area (Å²) in [5.41, 5.74) is 4.19. The molecule has 6 heteroatoms. The van der Waals surface area contributed by atoms with Crippen molar-refractivity contribution in [1.82, 2.24) is 14.1 Å². The van der Waals surface area contributed by atoms with Gasteiger partial charge < -0.3 is 13.9 Å². The monoisotopic (exact) mass is 926 g/mol. The average molecular weight is 927 g/mol. The van der Waals surface area contributed by atoms with Crippen molar-refractivity contribution in [3.05, 3.63) is 200 Å². The van der Waals surface area contributed by atoms with Gasteiger partial charge in [0.2, 0.25) is 0 Å². The fourth-order valence-corrected chi connectivity index (χ4v) is 7.13. The molecule has 0 saturated heterocycles. The third-order valence-electron chi connectivity index (χ3n) is 9.68. The molecule has 7 aromatic carbocycles. The Bertz CT molecular complexity index is 3550. The number of imidazole rings is 1. The summed E-state index contributed by atoms with van der Waals surface area (Å²) in [7, 11) is 0. The van der Waals surface area contributed by atoms with Gasteiger partial charge in [-0.3, -0.25) is 4.57 Å². The smallest absolute Gasteiger partial charge is 0.268 e. The van der Waals surface area contributed by atoms with Crippen LogP contribution in [0.15, 0.2) is 176 Å². The zero-order valence-electron chi connectivity index (χ0n) is 41.5. The molecule has 0 saturated carbocycles. The Morgan fingerprint density at radius 1 is 0.684 bits per heavy atom. The van der Waals surface area contributed by atoms with Crippen LogP contribution in [0.1, 0.15) is 40.4 Å². The number of hydrogen-bond donors (Lipinski definition) is 0. The molecule has 10 rings (SSSR count). The van der Waals surface area contributed by atoms with Crippen LogP contribution in [0.5, 0.6) is 11.5 Å². The van der Waals surface area contributed by atoms with E-state index in [9.17, 15) is 0 Å². The normalized spacial score (nSPS) is 14.2. The molecule has 3 heterocycles. The quantitative estimate of drug-likeness (QED) is 0.112. The molecule has 0 aliphatic heterocycles. The summed E-state index contributed by atoms with van der Waals surface area (Å²) in [6.45, 7) is 3.67. The minimum atomic E-state index is -0.850. The van der Waals surface area contributed by atoms with Gasteiger partial charge in [0.1, 0.15) is 5.82 Å². The Morgan fingerprint density at radius 2 is 1.35 bits per heavy atom. The van der Waals surface area contributed by atoms with Crippen LogP contribution in [-0.2, 0) is 21.1 Å². The summed E-state index contributed by atoms with van der Waals surface area (Å²) in [6, 6.07) is 34.4. The second-order valence-electron chi connectivity index (χ2n) is 13.3. The number of pyridine rings is 1. The Labute approximate surface area is 361 Å². The van der Waals surface area contributed by atoms with E-state index in [1.165, 1.54) is 0 Å². The Morgan fingerprint density at radius 3 is 2.09 bits per heavy atom. The second kappa shape index (κ2) is 15.2. The third-order valence-corrected chi connectivity index (χ3v) is 9.68. The van der Waals surface area contributed by atoms with Crippen molar-refractivity contribution in [3.63, 3.8) is 0 Å². The van der Waals surface area contributed by atoms with Gasteiger partial charge in [-0.2, -0.15) is 18.2 Å². The van der Waals surface area contributed by atoms with E-state index in [0.717, 1.165) is 27.4 Å². The third kappa shape index (κ3) is 6.54. The molecule has 0 aliphatic rings. The molecular formula is C51H36N4OPt-2. The van der Waals surface area contributed by atoms with Gasteiger partial charge in [0.15, 0.2) is 0 Å². The van der Waals surface area contributed by atoms with Crippen LogP contribution >= 0.6 is 0 Å². The first-order chi connectivity index (χ1) is 32.0. The summed E-state index contributed by atoms with van der Waals surface area (Å²) in [4.78, 5) is 4.71. The van der Waals surface area contributed by atoms with Crippen molar-refractivity contribution >= 4 is 32.8 Å². The SMILES string of the molecule is [2H]c1c([2H])c([2H])c(-c2cccc(-c3c([2H])c([2H])c([2H])c([2H])c3[2H])c2-[n+]2[c-]n(-c3[c-]c(Oc4[c-]c5c(cc4)c4ccccc4n5-c4cc(C([2H])(C)C)ccn4)ccc3)c3ccccc32)c([2H])c1[2H].[Pt]. The van der Waals surface area contributed by atoms with Crippen molar-refractivity contribution in [1.29, 1.82) is 0 Å². The van der Waals surface area contributed by atoms with E-state index in [0.29, 0.717) is 34.0 Å². The van der Waals surface area contributed by atoms with Gasteiger partial charge in [0.25, 0.3) is 6.33 Å². The zero-order valence-corrected chi connectivity index (χ0v) is 32.8. The molecule has 3 aromatic heterocycles. The molecule has 0 bridgehead atoms.